The molecular formula is C16H16ClFN2O3. The molecule has 0 aliphatic rings. The lowest BCUT2D eigenvalue weighted by molar-refractivity contribution is 0.0525. The number of esters is 1. The van der Waals surface area contributed by atoms with E-state index in [0.717, 1.165) is 6.07 Å². The first kappa shape index (κ1) is 17.0. The van der Waals surface area contributed by atoms with Crippen LogP contribution in [0.25, 0.3) is 0 Å². The first-order chi connectivity index (χ1) is 10.8. The van der Waals surface area contributed by atoms with Gasteiger partial charge in [-0.2, -0.15) is 0 Å². The molecule has 0 aliphatic carbocycles. The van der Waals surface area contributed by atoms with Crippen LogP contribution in [-0.4, -0.2) is 23.5 Å². The molecule has 1 aromatic carbocycles. The van der Waals surface area contributed by atoms with Crippen molar-refractivity contribution < 1.29 is 18.7 Å². The Kier molecular flexibility index (Phi) is 5.05. The molecule has 1 amide bonds. The maximum Gasteiger partial charge on any atom is 0.340 e. The Morgan fingerprint density at radius 3 is 2.65 bits per heavy atom. The Balaban J connectivity index is 2.30. The van der Waals surface area contributed by atoms with Gasteiger partial charge in [-0.3, -0.25) is 4.79 Å². The summed E-state index contributed by atoms with van der Waals surface area (Å²) < 4.78 is 18.7. The number of aryl methyl sites for hydroxylation is 1. The average Bonchev–Trinajstić information content (AvgIpc) is 2.77. The van der Waals surface area contributed by atoms with Gasteiger partial charge in [0.25, 0.3) is 5.91 Å². The molecule has 0 fully saturated rings. The van der Waals surface area contributed by atoms with E-state index in [4.69, 9.17) is 16.3 Å². The third kappa shape index (κ3) is 3.53. The largest absolute Gasteiger partial charge is 0.462 e. The molecule has 122 valence electrons. The summed E-state index contributed by atoms with van der Waals surface area (Å²) in [4.78, 5) is 27.1. The number of aromatic nitrogens is 1. The van der Waals surface area contributed by atoms with Crippen molar-refractivity contribution in [3.8, 4) is 0 Å². The lowest BCUT2D eigenvalue weighted by Gasteiger charge is -2.06. The molecule has 1 heterocycles. The highest BCUT2D eigenvalue weighted by Gasteiger charge is 2.23. The Morgan fingerprint density at radius 2 is 2.04 bits per heavy atom. The highest BCUT2D eigenvalue weighted by molar-refractivity contribution is 6.30. The second-order valence-electron chi connectivity index (χ2n) is 4.92. The van der Waals surface area contributed by atoms with Crippen molar-refractivity contribution in [1.29, 1.82) is 0 Å². The van der Waals surface area contributed by atoms with Crippen LogP contribution in [0.5, 0.6) is 0 Å². The summed E-state index contributed by atoms with van der Waals surface area (Å²) in [5.74, 6) is -1.70. The predicted octanol–water partition coefficient (Wildman–Crippen LogP) is 3.85. The molecule has 0 radical (unpaired) electrons. The highest BCUT2D eigenvalue weighted by Crippen LogP contribution is 2.22. The van der Waals surface area contributed by atoms with Gasteiger partial charge in [0.1, 0.15) is 11.5 Å². The van der Waals surface area contributed by atoms with Crippen molar-refractivity contribution in [3.63, 3.8) is 0 Å². The number of hydrogen-bond acceptors (Lipinski definition) is 3. The molecule has 2 aromatic rings. The highest BCUT2D eigenvalue weighted by atomic mass is 35.5. The van der Waals surface area contributed by atoms with Gasteiger partial charge in [-0.15, -0.1) is 0 Å². The second-order valence-corrected chi connectivity index (χ2v) is 5.36. The quantitative estimate of drug-likeness (QED) is 0.832. The number of carbonyl (C=O) groups excluding carboxylic acids is 2. The van der Waals surface area contributed by atoms with Gasteiger partial charge in [0.2, 0.25) is 0 Å². The summed E-state index contributed by atoms with van der Waals surface area (Å²) >= 11 is 5.67. The molecule has 1 aromatic heterocycles. The topological polar surface area (TPSA) is 71.2 Å². The van der Waals surface area contributed by atoms with E-state index in [-0.39, 0.29) is 23.0 Å². The van der Waals surface area contributed by atoms with E-state index in [1.165, 1.54) is 12.1 Å². The Hall–Kier alpha value is -2.34. The average molecular weight is 339 g/mol. The number of amides is 1. The zero-order valence-electron chi connectivity index (χ0n) is 12.9. The number of aromatic amines is 1. The fourth-order valence-electron chi connectivity index (χ4n) is 2.26. The fraction of sp³-hybridized carbons (Fsp3) is 0.250. The monoisotopic (exact) mass is 338 g/mol. The number of ether oxygens (including phenoxy) is 1. The van der Waals surface area contributed by atoms with E-state index in [9.17, 15) is 14.0 Å². The minimum Gasteiger partial charge on any atom is -0.462 e. The van der Waals surface area contributed by atoms with Gasteiger partial charge in [0.15, 0.2) is 0 Å². The van der Waals surface area contributed by atoms with Crippen LogP contribution >= 0.6 is 11.6 Å². The summed E-state index contributed by atoms with van der Waals surface area (Å²) in [6, 6.07) is 3.94. The van der Waals surface area contributed by atoms with Crippen LogP contribution in [0.1, 0.15) is 39.0 Å². The van der Waals surface area contributed by atoms with Crippen molar-refractivity contribution in [2.24, 2.45) is 0 Å². The number of anilines is 1. The molecule has 0 aliphatic heterocycles. The molecule has 0 saturated carbocycles. The molecule has 2 N–H and O–H groups in total. The first-order valence-corrected chi connectivity index (χ1v) is 7.35. The van der Waals surface area contributed by atoms with E-state index in [1.807, 2.05) is 0 Å². The second kappa shape index (κ2) is 6.83. The Bertz CT molecular complexity index is 771. The SMILES string of the molecule is CCOC(=O)c1c(C)[nH]c(C(=O)Nc2ccc(Cl)cc2F)c1C. The number of benzene rings is 1. The summed E-state index contributed by atoms with van der Waals surface area (Å²) in [6.45, 7) is 5.23. The third-order valence-electron chi connectivity index (χ3n) is 3.32. The zero-order chi connectivity index (χ0) is 17.1. The molecule has 0 unspecified atom stereocenters. The van der Waals surface area contributed by atoms with E-state index in [0.29, 0.717) is 16.8 Å². The van der Waals surface area contributed by atoms with Gasteiger partial charge in [-0.1, -0.05) is 11.6 Å². The maximum absolute atomic E-state index is 13.8. The van der Waals surface area contributed by atoms with Crippen LogP contribution in [0.15, 0.2) is 18.2 Å². The van der Waals surface area contributed by atoms with E-state index in [2.05, 4.69) is 10.3 Å². The van der Waals surface area contributed by atoms with Crippen LogP contribution in [-0.2, 0) is 4.74 Å². The number of halogens is 2. The lowest BCUT2D eigenvalue weighted by Crippen LogP contribution is -2.15. The van der Waals surface area contributed by atoms with Crippen molar-refractivity contribution in [2.45, 2.75) is 20.8 Å². The summed E-state index contributed by atoms with van der Waals surface area (Å²) in [7, 11) is 0. The van der Waals surface area contributed by atoms with Gasteiger partial charge >= 0.3 is 5.97 Å². The summed E-state index contributed by atoms with van der Waals surface area (Å²) in [5.41, 5.74) is 1.47. The predicted molar refractivity (Wildman–Crippen MR) is 85.6 cm³/mol. The normalized spacial score (nSPS) is 10.5. The standard InChI is InChI=1S/C16H16ClFN2O3/c1-4-23-16(22)13-8(2)14(19-9(13)3)15(21)20-12-6-5-10(17)7-11(12)18/h5-7,19H,4H2,1-3H3,(H,20,21). The van der Waals surface area contributed by atoms with E-state index < -0.39 is 17.7 Å². The number of carbonyl (C=O) groups is 2. The molecule has 0 saturated heterocycles. The third-order valence-corrected chi connectivity index (χ3v) is 3.56. The minimum atomic E-state index is -0.641. The van der Waals surface area contributed by atoms with Crippen molar-refractivity contribution >= 4 is 29.2 Å². The lowest BCUT2D eigenvalue weighted by atomic mass is 10.1. The smallest absolute Gasteiger partial charge is 0.340 e. The molecular weight excluding hydrogens is 323 g/mol. The number of rotatable bonds is 4. The zero-order valence-corrected chi connectivity index (χ0v) is 13.7. The van der Waals surface area contributed by atoms with Crippen LogP contribution in [0, 0.1) is 19.7 Å². The Labute approximate surface area is 137 Å². The molecule has 0 spiro atoms. The molecule has 7 heteroatoms. The minimum absolute atomic E-state index is 0.00346. The molecule has 23 heavy (non-hydrogen) atoms. The number of H-pyrrole nitrogens is 1. The maximum atomic E-state index is 13.8. The van der Waals surface area contributed by atoms with Crippen molar-refractivity contribution in [1.82, 2.24) is 4.98 Å². The van der Waals surface area contributed by atoms with Crippen LogP contribution in [0.4, 0.5) is 10.1 Å². The van der Waals surface area contributed by atoms with E-state index in [1.54, 1.807) is 20.8 Å². The van der Waals surface area contributed by atoms with Gasteiger partial charge < -0.3 is 15.0 Å². The first-order valence-electron chi connectivity index (χ1n) is 6.97. The van der Waals surface area contributed by atoms with Gasteiger partial charge in [-0.05, 0) is 44.5 Å². The van der Waals surface area contributed by atoms with Crippen molar-refractivity contribution in [2.75, 3.05) is 11.9 Å². The van der Waals surface area contributed by atoms with Gasteiger partial charge in [0, 0.05) is 10.7 Å². The molecule has 5 nitrogen and oxygen atoms in total. The summed E-state index contributed by atoms with van der Waals surface area (Å²) in [5, 5.41) is 2.68. The van der Waals surface area contributed by atoms with Crippen LogP contribution in [0.3, 0.4) is 0 Å². The van der Waals surface area contributed by atoms with E-state index >= 15 is 0 Å². The van der Waals surface area contributed by atoms with Crippen molar-refractivity contribution in [3.05, 3.63) is 51.6 Å². The van der Waals surface area contributed by atoms with Crippen LogP contribution in [0.2, 0.25) is 5.02 Å². The number of hydrogen-bond donors (Lipinski definition) is 2. The van der Waals surface area contributed by atoms with Crippen LogP contribution < -0.4 is 5.32 Å². The fourth-order valence-corrected chi connectivity index (χ4v) is 2.42. The Morgan fingerprint density at radius 1 is 1.35 bits per heavy atom. The van der Waals surface area contributed by atoms with Gasteiger partial charge in [0.05, 0.1) is 17.9 Å². The molecule has 2 rings (SSSR count). The number of nitrogens with one attached hydrogen (secondary N) is 2. The summed E-state index contributed by atoms with van der Waals surface area (Å²) in [6.07, 6.45) is 0. The molecule has 0 atom stereocenters. The van der Waals surface area contributed by atoms with Gasteiger partial charge in [-0.25, -0.2) is 9.18 Å². The molecule has 0 bridgehead atoms.